The van der Waals surface area contributed by atoms with Crippen LogP contribution in [0, 0.1) is 40.4 Å². The van der Waals surface area contributed by atoms with Crippen molar-refractivity contribution >= 4 is 0 Å². The van der Waals surface area contributed by atoms with Crippen LogP contribution >= 0.6 is 0 Å². The van der Waals surface area contributed by atoms with Crippen molar-refractivity contribution in [2.75, 3.05) is 0 Å². The van der Waals surface area contributed by atoms with E-state index in [-0.39, 0.29) is 0 Å². The Bertz CT molecular complexity index is 546. The summed E-state index contributed by atoms with van der Waals surface area (Å²) < 4.78 is 0. The molecule has 0 radical (unpaired) electrons. The Morgan fingerprint density at radius 1 is 1.04 bits per heavy atom. The van der Waals surface area contributed by atoms with Crippen LogP contribution in [-0.4, -0.2) is 10.7 Å². The number of hydrogen-bond acceptors (Lipinski definition) is 1. The van der Waals surface area contributed by atoms with E-state index in [4.69, 9.17) is 0 Å². The summed E-state index contributed by atoms with van der Waals surface area (Å²) in [5.41, 5.74) is 2.33. The highest BCUT2D eigenvalue weighted by Crippen LogP contribution is 2.68. The Balaban J connectivity index is 1.68. The van der Waals surface area contributed by atoms with E-state index >= 15 is 0 Å². The molecule has 0 bridgehead atoms. The van der Waals surface area contributed by atoms with E-state index in [0.29, 0.717) is 10.8 Å². The van der Waals surface area contributed by atoms with Gasteiger partial charge in [0.1, 0.15) is 0 Å². The molecule has 4 fully saturated rings. The first-order valence-corrected chi connectivity index (χ1v) is 10.6. The van der Waals surface area contributed by atoms with Gasteiger partial charge in [0.15, 0.2) is 0 Å². The maximum atomic E-state index is 10.7. The number of fused-ring (bicyclic) bond motifs is 5. The van der Waals surface area contributed by atoms with Crippen LogP contribution in [-0.2, 0) is 0 Å². The summed E-state index contributed by atoms with van der Waals surface area (Å²) in [6.45, 7) is 12.1. The molecule has 1 N–H and O–H groups in total. The molecular weight excluding hydrogens is 292 g/mol. The van der Waals surface area contributed by atoms with Gasteiger partial charge in [0.2, 0.25) is 0 Å². The van der Waals surface area contributed by atoms with Gasteiger partial charge in [-0.1, -0.05) is 32.4 Å². The van der Waals surface area contributed by atoms with Crippen LogP contribution in [0.15, 0.2) is 11.6 Å². The molecule has 4 saturated carbocycles. The molecule has 0 saturated heterocycles. The molecule has 0 heterocycles. The van der Waals surface area contributed by atoms with Gasteiger partial charge in [-0.3, -0.25) is 0 Å². The fourth-order valence-corrected chi connectivity index (χ4v) is 8.14. The minimum Gasteiger partial charge on any atom is -0.390 e. The summed E-state index contributed by atoms with van der Waals surface area (Å²) in [5, 5.41) is 10.7. The average molecular weight is 331 g/mol. The minimum absolute atomic E-state index is 0.411. The molecule has 136 valence electrons. The van der Waals surface area contributed by atoms with Crippen LogP contribution in [0.2, 0.25) is 0 Å². The minimum atomic E-state index is -0.411. The number of aliphatic hydroxyl groups is 1. The zero-order valence-corrected chi connectivity index (χ0v) is 16.6. The largest absolute Gasteiger partial charge is 0.390 e. The fourth-order valence-electron chi connectivity index (χ4n) is 8.14. The first-order chi connectivity index (χ1) is 11.2. The fraction of sp³-hybridized carbons (Fsp3) is 0.913. The molecule has 0 aromatic rings. The van der Waals surface area contributed by atoms with Crippen molar-refractivity contribution < 1.29 is 5.11 Å². The van der Waals surface area contributed by atoms with E-state index in [1.54, 1.807) is 5.57 Å². The van der Waals surface area contributed by atoms with Crippen LogP contribution in [0.5, 0.6) is 0 Å². The molecule has 0 spiro atoms. The van der Waals surface area contributed by atoms with E-state index in [2.05, 4.69) is 40.7 Å². The van der Waals surface area contributed by atoms with Crippen molar-refractivity contribution in [2.45, 2.75) is 91.6 Å². The predicted octanol–water partition coefficient (Wildman–Crippen LogP) is 5.97. The Kier molecular flexibility index (Phi) is 3.82. The molecule has 0 amide bonds. The van der Waals surface area contributed by atoms with Gasteiger partial charge in [-0.05, 0) is 106 Å². The highest BCUT2D eigenvalue weighted by Gasteiger charge is 2.61. The second kappa shape index (κ2) is 5.35. The Morgan fingerprint density at radius 3 is 2.50 bits per heavy atom. The lowest BCUT2D eigenvalue weighted by Crippen LogP contribution is -2.57. The van der Waals surface area contributed by atoms with Gasteiger partial charge in [0, 0.05) is 0 Å². The lowest BCUT2D eigenvalue weighted by atomic mass is 9.42. The van der Waals surface area contributed by atoms with Crippen molar-refractivity contribution in [2.24, 2.45) is 40.4 Å². The highest BCUT2D eigenvalue weighted by atomic mass is 16.3. The van der Waals surface area contributed by atoms with Crippen LogP contribution in [0.3, 0.4) is 0 Å². The third-order valence-corrected chi connectivity index (χ3v) is 9.51. The second-order valence-electron chi connectivity index (χ2n) is 10.7. The maximum Gasteiger partial charge on any atom is 0.0622 e. The first-order valence-electron chi connectivity index (χ1n) is 10.6. The molecule has 1 nitrogen and oxygen atoms in total. The lowest BCUT2D eigenvalue weighted by molar-refractivity contribution is -0.157. The molecule has 8 atom stereocenters. The van der Waals surface area contributed by atoms with E-state index in [1.807, 2.05) is 0 Å². The van der Waals surface area contributed by atoms with Gasteiger partial charge >= 0.3 is 0 Å². The number of rotatable bonds is 0. The molecule has 24 heavy (non-hydrogen) atoms. The van der Waals surface area contributed by atoms with Crippen molar-refractivity contribution in [3.05, 3.63) is 11.6 Å². The quantitative estimate of drug-likeness (QED) is 0.542. The monoisotopic (exact) mass is 330 g/mol. The zero-order valence-electron chi connectivity index (χ0n) is 16.6. The molecule has 4 aliphatic rings. The second-order valence-corrected chi connectivity index (χ2v) is 10.7. The van der Waals surface area contributed by atoms with Gasteiger partial charge in [0.25, 0.3) is 0 Å². The zero-order chi connectivity index (χ0) is 17.3. The summed E-state index contributed by atoms with van der Waals surface area (Å²) in [6.07, 6.45) is 12.7. The van der Waals surface area contributed by atoms with E-state index in [1.165, 1.54) is 38.5 Å². The molecule has 1 heteroatoms. The van der Waals surface area contributed by atoms with Crippen LogP contribution in [0.4, 0.5) is 0 Å². The number of allylic oxidation sites excluding steroid dienone is 2. The first kappa shape index (κ1) is 17.1. The Labute approximate surface area is 149 Å². The summed E-state index contributed by atoms with van der Waals surface area (Å²) in [7, 11) is 0. The Hall–Kier alpha value is -0.300. The molecule has 4 rings (SSSR count). The average Bonchev–Trinajstić information content (AvgIpc) is 2.85. The summed E-state index contributed by atoms with van der Waals surface area (Å²) in [6, 6.07) is 0. The number of hydrogen-bond donors (Lipinski definition) is 1. The van der Waals surface area contributed by atoms with Crippen LogP contribution < -0.4 is 0 Å². The third-order valence-electron chi connectivity index (χ3n) is 9.51. The molecule has 0 aliphatic heterocycles. The standard InChI is InChI=1S/C23H38O/c1-6-16-7-8-18-20-15(2)13-17-14-21(3,24)11-12-23(17,5)19(20)9-10-22(16,18)4/h6,15,17-20,24H,7-14H2,1-5H3/b16-6-/t15-,17+,18+,19+,20?,21-,22-,23+/m1/s1. The lowest BCUT2D eigenvalue weighted by Gasteiger charge is -2.63. The SMILES string of the molecule is C/C=C1/CC[C@H]2C3[C@H](C)C[C@H]4C[C@](C)(O)CC[C@]4(C)[C@H]3CC[C@]12C. The molecule has 0 aromatic heterocycles. The van der Waals surface area contributed by atoms with E-state index < -0.39 is 5.60 Å². The third kappa shape index (κ3) is 2.22. The van der Waals surface area contributed by atoms with Crippen LogP contribution in [0.25, 0.3) is 0 Å². The molecule has 1 unspecified atom stereocenters. The molecule has 4 aliphatic carbocycles. The van der Waals surface area contributed by atoms with Crippen molar-refractivity contribution in [1.82, 2.24) is 0 Å². The predicted molar refractivity (Wildman–Crippen MR) is 101 cm³/mol. The maximum absolute atomic E-state index is 10.7. The molecule has 0 aromatic carbocycles. The van der Waals surface area contributed by atoms with E-state index in [0.717, 1.165) is 42.4 Å². The van der Waals surface area contributed by atoms with Crippen molar-refractivity contribution in [3.63, 3.8) is 0 Å². The van der Waals surface area contributed by atoms with Gasteiger partial charge in [-0.25, -0.2) is 0 Å². The van der Waals surface area contributed by atoms with Gasteiger partial charge in [-0.2, -0.15) is 0 Å². The summed E-state index contributed by atoms with van der Waals surface area (Å²) in [4.78, 5) is 0. The molecular formula is C23H38O. The van der Waals surface area contributed by atoms with Gasteiger partial charge in [0.05, 0.1) is 5.60 Å². The Morgan fingerprint density at radius 2 is 1.79 bits per heavy atom. The van der Waals surface area contributed by atoms with Gasteiger partial charge < -0.3 is 5.11 Å². The topological polar surface area (TPSA) is 20.2 Å². The van der Waals surface area contributed by atoms with Crippen molar-refractivity contribution in [3.8, 4) is 0 Å². The summed E-state index contributed by atoms with van der Waals surface area (Å²) in [5.74, 6) is 4.31. The van der Waals surface area contributed by atoms with Gasteiger partial charge in [-0.15, -0.1) is 0 Å². The normalized spacial score (nSPS) is 58.9. The van der Waals surface area contributed by atoms with Crippen LogP contribution in [0.1, 0.15) is 86.0 Å². The van der Waals surface area contributed by atoms with Crippen molar-refractivity contribution in [1.29, 1.82) is 0 Å². The smallest absolute Gasteiger partial charge is 0.0622 e. The summed E-state index contributed by atoms with van der Waals surface area (Å²) >= 11 is 0. The van der Waals surface area contributed by atoms with E-state index in [9.17, 15) is 5.11 Å². The highest BCUT2D eigenvalue weighted by molar-refractivity contribution is 5.24.